The molecule has 94 valence electrons. The van der Waals surface area contributed by atoms with Gasteiger partial charge in [-0.2, -0.15) is 0 Å². The van der Waals surface area contributed by atoms with E-state index in [1.54, 1.807) is 19.1 Å². The number of benzene rings is 1. The van der Waals surface area contributed by atoms with Crippen LogP contribution in [0.3, 0.4) is 0 Å². The molecule has 0 N–H and O–H groups in total. The first-order chi connectivity index (χ1) is 8.13. The lowest BCUT2D eigenvalue weighted by Gasteiger charge is -2.28. The van der Waals surface area contributed by atoms with E-state index in [4.69, 9.17) is 0 Å². The van der Waals surface area contributed by atoms with Crippen LogP contribution >= 0.6 is 0 Å². The summed E-state index contributed by atoms with van der Waals surface area (Å²) >= 11 is 0. The third kappa shape index (κ3) is 2.80. The van der Waals surface area contributed by atoms with Crippen molar-refractivity contribution in [1.82, 2.24) is 0 Å². The standard InChI is InChI=1S/C13H19NO2S/c1-2-17(15,16)13-8-6-12(7-9-13)14-10-4-3-5-11-14/h6-9H,2-5,10-11H2,1H3. The molecule has 1 aromatic carbocycles. The van der Waals surface area contributed by atoms with Crippen molar-refractivity contribution in [3.63, 3.8) is 0 Å². The van der Waals surface area contributed by atoms with Gasteiger partial charge >= 0.3 is 0 Å². The number of piperidine rings is 1. The van der Waals surface area contributed by atoms with E-state index < -0.39 is 9.84 Å². The molecule has 2 rings (SSSR count). The Morgan fingerprint density at radius 3 is 2.18 bits per heavy atom. The Balaban J connectivity index is 2.18. The maximum atomic E-state index is 11.7. The van der Waals surface area contributed by atoms with Gasteiger partial charge in [0.25, 0.3) is 0 Å². The molecule has 1 fully saturated rings. The smallest absolute Gasteiger partial charge is 0.178 e. The third-order valence-corrected chi connectivity index (χ3v) is 5.05. The zero-order valence-electron chi connectivity index (χ0n) is 10.2. The molecular formula is C13H19NO2S. The van der Waals surface area contributed by atoms with Gasteiger partial charge in [-0.25, -0.2) is 8.42 Å². The van der Waals surface area contributed by atoms with Crippen molar-refractivity contribution in [1.29, 1.82) is 0 Å². The summed E-state index contributed by atoms with van der Waals surface area (Å²) < 4.78 is 23.3. The fourth-order valence-corrected chi connectivity index (χ4v) is 3.07. The number of nitrogens with zero attached hydrogens (tertiary/aromatic N) is 1. The Morgan fingerprint density at radius 1 is 1.06 bits per heavy atom. The molecule has 1 aromatic rings. The Bertz CT molecular complexity index is 459. The number of sulfone groups is 1. The molecule has 0 atom stereocenters. The van der Waals surface area contributed by atoms with Crippen molar-refractivity contribution in [2.75, 3.05) is 23.7 Å². The lowest BCUT2D eigenvalue weighted by Crippen LogP contribution is -2.29. The summed E-state index contributed by atoms with van der Waals surface area (Å²) in [5.41, 5.74) is 1.14. The molecule has 1 saturated heterocycles. The first-order valence-corrected chi connectivity index (χ1v) is 7.86. The number of hydrogen-bond acceptors (Lipinski definition) is 3. The van der Waals surface area contributed by atoms with Gasteiger partial charge in [0, 0.05) is 18.8 Å². The van der Waals surface area contributed by atoms with Gasteiger partial charge < -0.3 is 4.90 Å². The molecule has 0 amide bonds. The molecule has 0 saturated carbocycles. The van der Waals surface area contributed by atoms with E-state index in [-0.39, 0.29) is 5.75 Å². The predicted molar refractivity (Wildman–Crippen MR) is 70.2 cm³/mol. The Labute approximate surface area is 103 Å². The average Bonchev–Trinajstić information content (AvgIpc) is 2.40. The minimum Gasteiger partial charge on any atom is -0.372 e. The molecule has 17 heavy (non-hydrogen) atoms. The summed E-state index contributed by atoms with van der Waals surface area (Å²) in [5.74, 6) is 0.163. The minimum atomic E-state index is -3.06. The van der Waals surface area contributed by atoms with E-state index in [0.29, 0.717) is 4.90 Å². The van der Waals surface area contributed by atoms with Crippen molar-refractivity contribution >= 4 is 15.5 Å². The van der Waals surface area contributed by atoms with Crippen molar-refractivity contribution in [2.24, 2.45) is 0 Å². The second kappa shape index (κ2) is 5.08. The van der Waals surface area contributed by atoms with Crippen LogP contribution in [0.25, 0.3) is 0 Å². The number of anilines is 1. The zero-order chi connectivity index (χ0) is 12.3. The highest BCUT2D eigenvalue weighted by Gasteiger charge is 2.14. The van der Waals surface area contributed by atoms with Crippen molar-refractivity contribution in [3.8, 4) is 0 Å². The normalized spacial score (nSPS) is 17.1. The average molecular weight is 253 g/mol. The van der Waals surface area contributed by atoms with Crippen LogP contribution in [0.2, 0.25) is 0 Å². The molecule has 0 spiro atoms. The maximum absolute atomic E-state index is 11.7. The van der Waals surface area contributed by atoms with Crippen LogP contribution in [0.4, 0.5) is 5.69 Å². The topological polar surface area (TPSA) is 37.4 Å². The number of rotatable bonds is 3. The minimum absolute atomic E-state index is 0.163. The van der Waals surface area contributed by atoms with Crippen molar-refractivity contribution in [3.05, 3.63) is 24.3 Å². The van der Waals surface area contributed by atoms with Gasteiger partial charge in [0.15, 0.2) is 9.84 Å². The van der Waals surface area contributed by atoms with Gasteiger partial charge in [-0.3, -0.25) is 0 Å². The molecule has 4 heteroatoms. The Kier molecular flexibility index (Phi) is 3.72. The van der Waals surface area contributed by atoms with Crippen LogP contribution in [0.1, 0.15) is 26.2 Å². The second-order valence-electron chi connectivity index (χ2n) is 4.45. The highest BCUT2D eigenvalue weighted by molar-refractivity contribution is 7.91. The summed E-state index contributed by atoms with van der Waals surface area (Å²) in [6, 6.07) is 7.30. The quantitative estimate of drug-likeness (QED) is 0.830. The van der Waals surface area contributed by atoms with Gasteiger partial charge in [-0.1, -0.05) is 6.92 Å². The summed E-state index contributed by atoms with van der Waals surface area (Å²) in [4.78, 5) is 2.76. The van der Waals surface area contributed by atoms with Crippen molar-refractivity contribution < 1.29 is 8.42 Å². The van der Waals surface area contributed by atoms with Crippen LogP contribution in [0.15, 0.2) is 29.2 Å². The van der Waals surface area contributed by atoms with Gasteiger partial charge in [0.1, 0.15) is 0 Å². The summed E-state index contributed by atoms with van der Waals surface area (Å²) in [5, 5.41) is 0. The first-order valence-electron chi connectivity index (χ1n) is 6.21. The summed E-state index contributed by atoms with van der Waals surface area (Å²) in [7, 11) is -3.06. The first kappa shape index (κ1) is 12.4. The van der Waals surface area contributed by atoms with Crippen molar-refractivity contribution in [2.45, 2.75) is 31.1 Å². The predicted octanol–water partition coefficient (Wildman–Crippen LogP) is 2.47. The van der Waals surface area contributed by atoms with Crippen LogP contribution in [0, 0.1) is 0 Å². The van der Waals surface area contributed by atoms with E-state index in [9.17, 15) is 8.42 Å². The monoisotopic (exact) mass is 253 g/mol. The molecule has 1 aliphatic heterocycles. The van der Waals surface area contributed by atoms with Crippen LogP contribution < -0.4 is 4.90 Å². The van der Waals surface area contributed by atoms with Crippen LogP contribution in [0.5, 0.6) is 0 Å². The Hall–Kier alpha value is -1.03. The lowest BCUT2D eigenvalue weighted by molar-refractivity contribution is 0.577. The van der Waals surface area contributed by atoms with Gasteiger partial charge in [-0.05, 0) is 43.5 Å². The van der Waals surface area contributed by atoms with E-state index in [1.807, 2.05) is 12.1 Å². The SMILES string of the molecule is CCS(=O)(=O)c1ccc(N2CCCCC2)cc1. The molecule has 0 aromatic heterocycles. The molecule has 0 aliphatic carbocycles. The van der Waals surface area contributed by atoms with Gasteiger partial charge in [0.2, 0.25) is 0 Å². The molecule has 0 unspecified atom stereocenters. The molecule has 1 aliphatic rings. The van der Waals surface area contributed by atoms with Crippen LogP contribution in [-0.2, 0) is 9.84 Å². The molecule has 1 heterocycles. The summed E-state index contributed by atoms with van der Waals surface area (Å²) in [6.45, 7) is 3.84. The highest BCUT2D eigenvalue weighted by atomic mass is 32.2. The largest absolute Gasteiger partial charge is 0.372 e. The van der Waals surface area contributed by atoms with E-state index in [2.05, 4.69) is 4.90 Å². The molecule has 0 bridgehead atoms. The molecule has 3 nitrogen and oxygen atoms in total. The van der Waals surface area contributed by atoms with Gasteiger partial charge in [-0.15, -0.1) is 0 Å². The fraction of sp³-hybridized carbons (Fsp3) is 0.538. The maximum Gasteiger partial charge on any atom is 0.178 e. The van der Waals surface area contributed by atoms with Gasteiger partial charge in [0.05, 0.1) is 10.6 Å². The highest BCUT2D eigenvalue weighted by Crippen LogP contribution is 2.22. The van der Waals surface area contributed by atoms with E-state index in [1.165, 1.54) is 19.3 Å². The van der Waals surface area contributed by atoms with Crippen LogP contribution in [-0.4, -0.2) is 27.3 Å². The lowest BCUT2D eigenvalue weighted by atomic mass is 10.1. The number of hydrogen-bond donors (Lipinski definition) is 0. The zero-order valence-corrected chi connectivity index (χ0v) is 11.0. The van der Waals surface area contributed by atoms with E-state index in [0.717, 1.165) is 18.8 Å². The molecular weight excluding hydrogens is 234 g/mol. The fourth-order valence-electron chi connectivity index (χ4n) is 2.18. The second-order valence-corrected chi connectivity index (χ2v) is 6.72. The summed E-state index contributed by atoms with van der Waals surface area (Å²) in [6.07, 6.45) is 3.77. The third-order valence-electron chi connectivity index (χ3n) is 3.30. The van der Waals surface area contributed by atoms with E-state index >= 15 is 0 Å². The Morgan fingerprint density at radius 2 is 1.65 bits per heavy atom. The molecule has 0 radical (unpaired) electrons.